The summed E-state index contributed by atoms with van der Waals surface area (Å²) < 4.78 is 15.3. The molecule has 0 aliphatic heterocycles. The van der Waals surface area contributed by atoms with Gasteiger partial charge >= 0.3 is 0 Å². The van der Waals surface area contributed by atoms with Gasteiger partial charge in [-0.2, -0.15) is 0 Å². The van der Waals surface area contributed by atoms with E-state index in [4.69, 9.17) is 14.2 Å². The van der Waals surface area contributed by atoms with Gasteiger partial charge in [0, 0.05) is 32.1 Å². The fourth-order valence-corrected chi connectivity index (χ4v) is 2.15. The Balaban J connectivity index is 2.13. The number of anilines is 1. The van der Waals surface area contributed by atoms with Gasteiger partial charge in [-0.1, -0.05) is 0 Å². The van der Waals surface area contributed by atoms with E-state index in [9.17, 15) is 9.59 Å². The fourth-order valence-electron chi connectivity index (χ4n) is 2.15. The molecule has 0 aliphatic carbocycles. The van der Waals surface area contributed by atoms with Crippen LogP contribution in [0, 0.1) is 0 Å². The number of methoxy groups -OCH3 is 3. The van der Waals surface area contributed by atoms with Crippen LogP contribution in [0.15, 0.2) is 36.7 Å². The van der Waals surface area contributed by atoms with Crippen molar-refractivity contribution in [3.63, 3.8) is 0 Å². The number of benzene rings is 1. The zero-order valence-corrected chi connectivity index (χ0v) is 14.9. The molecule has 0 bridgehead atoms. The van der Waals surface area contributed by atoms with Gasteiger partial charge in [-0.15, -0.1) is 0 Å². The molecule has 8 heteroatoms. The number of hydrogen-bond acceptors (Lipinski definition) is 6. The van der Waals surface area contributed by atoms with Crippen molar-refractivity contribution in [2.45, 2.75) is 0 Å². The minimum atomic E-state index is -0.410. The average Bonchev–Trinajstić information content (AvgIpc) is 2.68. The van der Waals surface area contributed by atoms with E-state index in [1.807, 2.05) is 0 Å². The summed E-state index contributed by atoms with van der Waals surface area (Å²) in [5, 5.41) is 5.41. The van der Waals surface area contributed by atoms with Crippen LogP contribution in [-0.2, 0) is 4.74 Å². The predicted molar refractivity (Wildman–Crippen MR) is 95.9 cm³/mol. The van der Waals surface area contributed by atoms with Crippen molar-refractivity contribution >= 4 is 17.5 Å². The van der Waals surface area contributed by atoms with Crippen LogP contribution in [0.1, 0.15) is 20.7 Å². The normalized spacial score (nSPS) is 10.1. The molecule has 26 heavy (non-hydrogen) atoms. The number of nitrogens with zero attached hydrogens (tertiary/aromatic N) is 1. The molecule has 0 atom stereocenters. The largest absolute Gasteiger partial charge is 0.497 e. The summed E-state index contributed by atoms with van der Waals surface area (Å²) in [5.41, 5.74) is 1.02. The summed E-state index contributed by atoms with van der Waals surface area (Å²) in [7, 11) is 4.59. The molecule has 0 unspecified atom stereocenters. The summed E-state index contributed by atoms with van der Waals surface area (Å²) in [6.45, 7) is 0.769. The van der Waals surface area contributed by atoms with Crippen molar-refractivity contribution in [2.75, 3.05) is 39.8 Å². The lowest BCUT2D eigenvalue weighted by molar-refractivity contribution is 0.0936. The third kappa shape index (κ3) is 4.93. The van der Waals surface area contributed by atoms with Gasteiger partial charge in [0.25, 0.3) is 11.8 Å². The first kappa shape index (κ1) is 19.2. The van der Waals surface area contributed by atoms with Crippen LogP contribution < -0.4 is 20.1 Å². The van der Waals surface area contributed by atoms with E-state index in [-0.39, 0.29) is 17.0 Å². The van der Waals surface area contributed by atoms with E-state index in [2.05, 4.69) is 15.6 Å². The Kier molecular flexibility index (Phi) is 6.92. The van der Waals surface area contributed by atoms with Gasteiger partial charge in [0.15, 0.2) is 0 Å². The van der Waals surface area contributed by atoms with E-state index in [0.717, 1.165) is 0 Å². The summed E-state index contributed by atoms with van der Waals surface area (Å²) in [6.07, 6.45) is 2.78. The molecule has 0 aliphatic rings. The number of nitrogens with one attached hydrogen (secondary N) is 2. The lowest BCUT2D eigenvalue weighted by Gasteiger charge is -2.12. The van der Waals surface area contributed by atoms with Crippen LogP contribution in [0.3, 0.4) is 0 Å². The number of ether oxygens (including phenoxy) is 3. The molecule has 1 aromatic heterocycles. The van der Waals surface area contributed by atoms with Gasteiger partial charge in [0.1, 0.15) is 11.5 Å². The second-order valence-electron chi connectivity index (χ2n) is 5.23. The maximum absolute atomic E-state index is 12.5. The lowest BCUT2D eigenvalue weighted by Crippen LogP contribution is -2.27. The fraction of sp³-hybridized carbons (Fsp3) is 0.278. The first-order valence-corrected chi connectivity index (χ1v) is 7.84. The lowest BCUT2D eigenvalue weighted by atomic mass is 10.1. The number of amides is 2. The van der Waals surface area contributed by atoms with Crippen molar-refractivity contribution in [1.29, 1.82) is 0 Å². The molecule has 8 nitrogen and oxygen atoms in total. The Morgan fingerprint density at radius 3 is 2.38 bits per heavy atom. The highest BCUT2D eigenvalue weighted by Gasteiger charge is 2.14. The van der Waals surface area contributed by atoms with Gasteiger partial charge in [-0.25, -0.2) is 0 Å². The van der Waals surface area contributed by atoms with Crippen LogP contribution in [-0.4, -0.2) is 51.3 Å². The molecule has 2 N–H and O–H groups in total. The van der Waals surface area contributed by atoms with Crippen LogP contribution in [0.5, 0.6) is 11.5 Å². The molecule has 138 valence electrons. The monoisotopic (exact) mass is 359 g/mol. The second-order valence-corrected chi connectivity index (χ2v) is 5.23. The molecule has 2 aromatic rings. The van der Waals surface area contributed by atoms with Crippen molar-refractivity contribution < 1.29 is 23.8 Å². The second kappa shape index (κ2) is 9.38. The molecule has 0 spiro atoms. The Labute approximate surface area is 151 Å². The Hall–Kier alpha value is -3.13. The number of aromatic nitrogens is 1. The number of carbonyl (C=O) groups excluding carboxylic acids is 2. The summed E-state index contributed by atoms with van der Waals surface area (Å²) >= 11 is 0. The number of carbonyl (C=O) groups is 2. The van der Waals surface area contributed by atoms with Gasteiger partial charge in [0.2, 0.25) is 0 Å². The highest BCUT2D eigenvalue weighted by molar-refractivity contribution is 6.06. The molecule has 0 saturated carbocycles. The third-order valence-electron chi connectivity index (χ3n) is 3.51. The Morgan fingerprint density at radius 1 is 1.00 bits per heavy atom. The van der Waals surface area contributed by atoms with E-state index >= 15 is 0 Å². The van der Waals surface area contributed by atoms with Crippen molar-refractivity contribution in [1.82, 2.24) is 10.3 Å². The Morgan fingerprint density at radius 2 is 1.73 bits per heavy atom. The zero-order chi connectivity index (χ0) is 18.9. The standard InChI is InChI=1S/C18H21N3O5/c1-24-7-6-20-17(22)12-8-13(11-19-10-12)18(23)21-15-5-4-14(25-2)9-16(15)26-3/h4-5,8-11H,6-7H2,1-3H3,(H,20,22)(H,21,23). The van der Waals surface area contributed by atoms with E-state index in [1.54, 1.807) is 32.4 Å². The highest BCUT2D eigenvalue weighted by atomic mass is 16.5. The topological polar surface area (TPSA) is 98.8 Å². The van der Waals surface area contributed by atoms with E-state index in [1.165, 1.54) is 25.6 Å². The molecule has 1 aromatic carbocycles. The minimum absolute atomic E-state index is 0.252. The first-order valence-electron chi connectivity index (χ1n) is 7.84. The molecular weight excluding hydrogens is 338 g/mol. The van der Waals surface area contributed by atoms with Gasteiger partial charge in [-0.05, 0) is 18.2 Å². The molecular formula is C18H21N3O5. The quantitative estimate of drug-likeness (QED) is 0.697. The van der Waals surface area contributed by atoms with Gasteiger partial charge in [-0.3, -0.25) is 14.6 Å². The summed E-state index contributed by atoms with van der Waals surface area (Å²) in [6, 6.07) is 6.51. The molecule has 0 radical (unpaired) electrons. The first-order chi connectivity index (χ1) is 12.6. The molecule has 0 fully saturated rings. The van der Waals surface area contributed by atoms with E-state index < -0.39 is 5.91 Å². The van der Waals surface area contributed by atoms with Crippen molar-refractivity contribution in [3.8, 4) is 11.5 Å². The highest BCUT2D eigenvalue weighted by Crippen LogP contribution is 2.29. The number of pyridine rings is 1. The molecule has 1 heterocycles. The summed E-state index contributed by atoms with van der Waals surface area (Å²) in [4.78, 5) is 28.5. The molecule has 0 saturated heterocycles. The SMILES string of the molecule is COCCNC(=O)c1cncc(C(=O)Nc2ccc(OC)cc2OC)c1. The van der Waals surface area contributed by atoms with E-state index in [0.29, 0.717) is 30.3 Å². The number of hydrogen-bond donors (Lipinski definition) is 2. The Bertz CT molecular complexity index is 779. The van der Waals surface area contributed by atoms with Crippen molar-refractivity contribution in [3.05, 3.63) is 47.8 Å². The average molecular weight is 359 g/mol. The van der Waals surface area contributed by atoms with Crippen LogP contribution in [0.2, 0.25) is 0 Å². The van der Waals surface area contributed by atoms with Crippen LogP contribution in [0.25, 0.3) is 0 Å². The van der Waals surface area contributed by atoms with Gasteiger partial charge in [0.05, 0.1) is 37.6 Å². The van der Waals surface area contributed by atoms with Crippen molar-refractivity contribution in [2.24, 2.45) is 0 Å². The minimum Gasteiger partial charge on any atom is -0.497 e. The third-order valence-corrected chi connectivity index (χ3v) is 3.51. The van der Waals surface area contributed by atoms with Crippen LogP contribution >= 0.6 is 0 Å². The maximum Gasteiger partial charge on any atom is 0.257 e. The molecule has 2 rings (SSSR count). The van der Waals surface area contributed by atoms with Crippen LogP contribution in [0.4, 0.5) is 5.69 Å². The number of rotatable bonds is 8. The summed E-state index contributed by atoms with van der Waals surface area (Å²) in [5.74, 6) is 0.328. The molecule has 2 amide bonds. The van der Waals surface area contributed by atoms with Gasteiger partial charge < -0.3 is 24.8 Å². The maximum atomic E-state index is 12.5. The predicted octanol–water partition coefficient (Wildman–Crippen LogP) is 1.73. The smallest absolute Gasteiger partial charge is 0.257 e. The zero-order valence-electron chi connectivity index (χ0n) is 14.9.